The maximum absolute atomic E-state index is 14.6. The van der Waals surface area contributed by atoms with Crippen LogP contribution in [0.15, 0.2) is 60.8 Å². The number of anilines is 2. The van der Waals surface area contributed by atoms with Gasteiger partial charge in [-0.25, -0.2) is 18.2 Å². The third-order valence-corrected chi connectivity index (χ3v) is 7.82. The van der Waals surface area contributed by atoms with E-state index in [0.29, 0.717) is 0 Å². The average Bonchev–Trinajstić information content (AvgIpc) is 3.32. The number of nitrogens with one attached hydrogen (secondary N) is 1. The van der Waals surface area contributed by atoms with Crippen LogP contribution in [0.25, 0.3) is 0 Å². The minimum absolute atomic E-state index is 0.00136. The molecule has 0 spiro atoms. The molecule has 1 aromatic heterocycles. The van der Waals surface area contributed by atoms with Gasteiger partial charge in [0.15, 0.2) is 0 Å². The highest BCUT2D eigenvalue weighted by Crippen LogP contribution is 2.41. The van der Waals surface area contributed by atoms with Crippen LogP contribution >= 0.6 is 23.2 Å². The lowest BCUT2D eigenvalue weighted by Gasteiger charge is -2.39. The third-order valence-electron chi connectivity index (χ3n) is 7.16. The van der Waals surface area contributed by atoms with Crippen LogP contribution in [0.1, 0.15) is 42.9 Å². The van der Waals surface area contributed by atoms with Crippen molar-refractivity contribution in [3.63, 3.8) is 0 Å². The topological polar surface area (TPSA) is 106 Å². The van der Waals surface area contributed by atoms with Gasteiger partial charge in [0.25, 0.3) is 11.8 Å². The van der Waals surface area contributed by atoms with Crippen molar-refractivity contribution in [1.82, 2.24) is 10.3 Å². The lowest BCUT2D eigenvalue weighted by molar-refractivity contribution is -0.133. The molecular formula is C29H22Cl2F3N5O3. The summed E-state index contributed by atoms with van der Waals surface area (Å²) < 4.78 is 41.8. The highest BCUT2D eigenvalue weighted by molar-refractivity contribution is 6.36. The first-order chi connectivity index (χ1) is 20.0. The number of pyridine rings is 1. The predicted octanol–water partition coefficient (Wildman–Crippen LogP) is 5.58. The van der Waals surface area contributed by atoms with Crippen LogP contribution in [-0.4, -0.2) is 40.7 Å². The van der Waals surface area contributed by atoms with Gasteiger partial charge in [0.2, 0.25) is 11.8 Å². The van der Waals surface area contributed by atoms with Crippen molar-refractivity contribution >= 4 is 52.4 Å². The zero-order valence-electron chi connectivity index (χ0n) is 21.7. The molecule has 0 radical (unpaired) electrons. The third kappa shape index (κ3) is 5.78. The van der Waals surface area contributed by atoms with Crippen molar-refractivity contribution in [3.05, 3.63) is 87.8 Å². The number of benzene rings is 2. The maximum Gasteiger partial charge on any atom is 0.252 e. The molecule has 0 unspecified atom stereocenters. The van der Waals surface area contributed by atoms with Crippen molar-refractivity contribution in [3.8, 4) is 6.07 Å². The van der Waals surface area contributed by atoms with Crippen LogP contribution in [0.3, 0.4) is 0 Å². The molecule has 2 fully saturated rings. The number of halogens is 5. The number of nitrogens with zero attached hydrogens (tertiary/aromatic N) is 4. The van der Waals surface area contributed by atoms with E-state index in [9.17, 15) is 32.8 Å². The summed E-state index contributed by atoms with van der Waals surface area (Å²) in [6.07, 6.45) is 0.0938. The fraction of sp³-hybridized carbons (Fsp3) is 0.276. The standard InChI is InChI=1S/C29H22Cl2F3N5O3/c30-20-5-2-6-21(31)25(20)26(27(41)37-18-13-29(33,34)14-18)38(19-4-1-3-17(32)12-19)28(42)22-7-8-24(40)39(22)23-11-16(15-35)9-10-36-23/h1-6,9-12,18,22,26H,7-8,13-14H2,(H,37,41)/t22-,26+/m0/s1. The molecule has 3 amide bonds. The summed E-state index contributed by atoms with van der Waals surface area (Å²) in [5, 5.41) is 11.9. The van der Waals surface area contributed by atoms with Gasteiger partial charge in [-0.15, -0.1) is 0 Å². The first kappa shape index (κ1) is 29.4. The van der Waals surface area contributed by atoms with Gasteiger partial charge in [-0.05, 0) is 48.9 Å². The van der Waals surface area contributed by atoms with Crippen LogP contribution in [0.4, 0.5) is 24.7 Å². The molecule has 1 saturated heterocycles. The van der Waals surface area contributed by atoms with Gasteiger partial charge in [0, 0.05) is 52.8 Å². The monoisotopic (exact) mass is 615 g/mol. The van der Waals surface area contributed by atoms with Gasteiger partial charge in [0.1, 0.15) is 23.7 Å². The number of aromatic nitrogens is 1. The molecule has 13 heteroatoms. The van der Waals surface area contributed by atoms with E-state index < -0.39 is 60.4 Å². The number of nitriles is 1. The summed E-state index contributed by atoms with van der Waals surface area (Å²) in [5.74, 6) is -5.75. The lowest BCUT2D eigenvalue weighted by Crippen LogP contribution is -2.56. The summed E-state index contributed by atoms with van der Waals surface area (Å²) in [6, 6.07) is 10.3. The van der Waals surface area contributed by atoms with E-state index in [1.165, 1.54) is 48.7 Å². The van der Waals surface area contributed by atoms with E-state index in [1.807, 2.05) is 6.07 Å². The Morgan fingerprint density at radius 1 is 1.12 bits per heavy atom. The Labute approximate surface area is 248 Å². The summed E-state index contributed by atoms with van der Waals surface area (Å²) in [7, 11) is 0. The Morgan fingerprint density at radius 2 is 1.81 bits per heavy atom. The number of hydrogen-bond donors (Lipinski definition) is 1. The summed E-state index contributed by atoms with van der Waals surface area (Å²) >= 11 is 13.0. The van der Waals surface area contributed by atoms with Crippen LogP contribution in [-0.2, 0) is 14.4 Å². The lowest BCUT2D eigenvalue weighted by atomic mass is 9.87. The van der Waals surface area contributed by atoms with Gasteiger partial charge >= 0.3 is 0 Å². The van der Waals surface area contributed by atoms with Crippen molar-refractivity contribution < 1.29 is 27.6 Å². The van der Waals surface area contributed by atoms with Crippen molar-refractivity contribution in [1.29, 1.82) is 5.26 Å². The van der Waals surface area contributed by atoms with E-state index >= 15 is 0 Å². The molecule has 1 N–H and O–H groups in total. The molecule has 2 atom stereocenters. The normalized spacial score (nSPS) is 18.6. The molecule has 1 aliphatic carbocycles. The number of carbonyl (C=O) groups excluding carboxylic acids is 3. The summed E-state index contributed by atoms with van der Waals surface area (Å²) in [5.41, 5.74) is 0.126. The summed E-state index contributed by atoms with van der Waals surface area (Å²) in [6.45, 7) is 0. The van der Waals surface area contributed by atoms with E-state index in [1.54, 1.807) is 0 Å². The van der Waals surface area contributed by atoms with Gasteiger partial charge in [-0.3, -0.25) is 24.2 Å². The Balaban J connectivity index is 1.63. The van der Waals surface area contributed by atoms with Gasteiger partial charge in [-0.2, -0.15) is 5.26 Å². The van der Waals surface area contributed by atoms with Gasteiger partial charge in [0.05, 0.1) is 11.6 Å². The number of hydrogen-bond acceptors (Lipinski definition) is 5. The average molecular weight is 616 g/mol. The summed E-state index contributed by atoms with van der Waals surface area (Å²) in [4.78, 5) is 47.7. The molecule has 5 rings (SSSR count). The second-order valence-corrected chi connectivity index (χ2v) is 10.8. The molecule has 2 heterocycles. The molecule has 216 valence electrons. The van der Waals surface area contributed by atoms with Crippen molar-refractivity contribution in [2.75, 3.05) is 9.80 Å². The molecular weight excluding hydrogens is 594 g/mol. The van der Waals surface area contributed by atoms with Crippen LogP contribution in [0, 0.1) is 17.1 Å². The Bertz CT molecular complexity index is 1590. The fourth-order valence-corrected chi connectivity index (χ4v) is 5.81. The van der Waals surface area contributed by atoms with Gasteiger partial charge in [-0.1, -0.05) is 35.3 Å². The Morgan fingerprint density at radius 3 is 2.45 bits per heavy atom. The van der Waals surface area contributed by atoms with E-state index in [0.717, 1.165) is 21.9 Å². The number of carbonyl (C=O) groups is 3. The molecule has 1 saturated carbocycles. The molecule has 8 nitrogen and oxygen atoms in total. The quantitative estimate of drug-likeness (QED) is 0.373. The second kappa shape index (κ2) is 11.6. The smallest absolute Gasteiger partial charge is 0.252 e. The Hall–Kier alpha value is -4.14. The number of rotatable bonds is 7. The highest BCUT2D eigenvalue weighted by Gasteiger charge is 2.49. The SMILES string of the molecule is N#Cc1ccnc(N2C(=O)CC[C@H]2C(=O)N(c2cccc(F)c2)[C@@H](C(=O)NC2CC(F)(F)C2)c2c(Cl)cccc2Cl)c1. The zero-order valence-corrected chi connectivity index (χ0v) is 23.2. The van der Waals surface area contributed by atoms with E-state index in [-0.39, 0.29) is 45.5 Å². The van der Waals surface area contributed by atoms with Crippen molar-refractivity contribution in [2.24, 2.45) is 0 Å². The van der Waals surface area contributed by atoms with Crippen LogP contribution in [0.5, 0.6) is 0 Å². The van der Waals surface area contributed by atoms with Crippen LogP contribution in [0.2, 0.25) is 10.0 Å². The minimum Gasteiger partial charge on any atom is -0.351 e. The Kier molecular flexibility index (Phi) is 8.12. The second-order valence-electron chi connectivity index (χ2n) is 10.0. The van der Waals surface area contributed by atoms with E-state index in [4.69, 9.17) is 23.2 Å². The van der Waals surface area contributed by atoms with Gasteiger partial charge < -0.3 is 5.32 Å². The minimum atomic E-state index is -2.94. The first-order valence-corrected chi connectivity index (χ1v) is 13.6. The molecule has 1 aliphatic heterocycles. The molecule has 3 aromatic rings. The zero-order chi connectivity index (χ0) is 30.2. The van der Waals surface area contributed by atoms with Crippen molar-refractivity contribution in [2.45, 2.75) is 49.7 Å². The van der Waals surface area contributed by atoms with E-state index in [2.05, 4.69) is 10.3 Å². The number of amides is 3. The van der Waals surface area contributed by atoms with Crippen LogP contribution < -0.4 is 15.1 Å². The first-order valence-electron chi connectivity index (χ1n) is 12.9. The fourth-order valence-electron chi connectivity index (χ4n) is 5.21. The maximum atomic E-state index is 14.6. The largest absolute Gasteiger partial charge is 0.351 e. The molecule has 2 aliphatic rings. The molecule has 42 heavy (non-hydrogen) atoms. The predicted molar refractivity (Wildman–Crippen MR) is 149 cm³/mol. The molecule has 0 bridgehead atoms. The number of alkyl halides is 2. The molecule has 2 aromatic carbocycles. The highest BCUT2D eigenvalue weighted by atomic mass is 35.5.